The summed E-state index contributed by atoms with van der Waals surface area (Å²) in [6.45, 7) is 0. The minimum absolute atomic E-state index is 0.0741. The first-order valence-electron chi connectivity index (χ1n) is 4.88. The number of benzene rings is 1. The molecule has 94 valence electrons. The average molecular weight is 307 g/mol. The molecule has 2 aromatic rings. The van der Waals surface area contributed by atoms with Crippen molar-refractivity contribution in [1.29, 1.82) is 0 Å². The third kappa shape index (κ3) is 2.39. The summed E-state index contributed by atoms with van der Waals surface area (Å²) >= 11 is 17.8. The predicted octanol–water partition coefficient (Wildman–Crippen LogP) is 4.86. The molecule has 0 N–H and O–H groups in total. The van der Waals surface area contributed by atoms with E-state index in [9.17, 15) is 4.39 Å². The van der Waals surface area contributed by atoms with E-state index >= 15 is 0 Å². The molecule has 0 spiro atoms. The van der Waals surface area contributed by atoms with Crippen molar-refractivity contribution >= 4 is 34.8 Å². The maximum absolute atomic E-state index is 13.6. The molecule has 2 nitrogen and oxygen atoms in total. The Hall–Kier alpha value is -1.03. The third-order valence-electron chi connectivity index (χ3n) is 2.35. The van der Waals surface area contributed by atoms with Gasteiger partial charge in [0.25, 0.3) is 0 Å². The molecule has 0 unspecified atom stereocenters. The third-order valence-corrected chi connectivity index (χ3v) is 3.64. The monoisotopic (exact) mass is 305 g/mol. The number of hydrogen-bond donors (Lipinski definition) is 0. The first-order chi connectivity index (χ1) is 8.54. The molecule has 1 aromatic carbocycles. The van der Waals surface area contributed by atoms with Crippen molar-refractivity contribution in [2.75, 3.05) is 7.11 Å². The lowest BCUT2D eigenvalue weighted by atomic mass is 10.1. The highest BCUT2D eigenvalue weighted by Crippen LogP contribution is 2.38. The van der Waals surface area contributed by atoms with Gasteiger partial charge in [0.1, 0.15) is 0 Å². The number of halogens is 4. The van der Waals surface area contributed by atoms with Crippen molar-refractivity contribution in [3.63, 3.8) is 0 Å². The van der Waals surface area contributed by atoms with Gasteiger partial charge in [0.2, 0.25) is 5.88 Å². The van der Waals surface area contributed by atoms with Crippen molar-refractivity contribution in [3.05, 3.63) is 45.3 Å². The van der Waals surface area contributed by atoms with Gasteiger partial charge in [-0.25, -0.2) is 9.37 Å². The van der Waals surface area contributed by atoms with Gasteiger partial charge >= 0.3 is 0 Å². The van der Waals surface area contributed by atoms with E-state index in [0.717, 1.165) is 0 Å². The SMILES string of the molecule is COc1ncc(-c2ccc(Cl)c(Cl)c2Cl)cc1F. The molecule has 0 radical (unpaired) electrons. The van der Waals surface area contributed by atoms with Crippen LogP contribution in [0.2, 0.25) is 15.1 Å². The topological polar surface area (TPSA) is 22.1 Å². The molecule has 0 aliphatic carbocycles. The van der Waals surface area contributed by atoms with E-state index in [1.807, 2.05) is 0 Å². The van der Waals surface area contributed by atoms with Crippen molar-refractivity contribution in [2.45, 2.75) is 0 Å². The number of rotatable bonds is 2. The number of aromatic nitrogens is 1. The lowest BCUT2D eigenvalue weighted by molar-refractivity contribution is 0.369. The lowest BCUT2D eigenvalue weighted by Crippen LogP contribution is -1.93. The van der Waals surface area contributed by atoms with Crippen LogP contribution in [0.5, 0.6) is 5.88 Å². The van der Waals surface area contributed by atoms with Crippen LogP contribution in [-0.2, 0) is 0 Å². The molecule has 18 heavy (non-hydrogen) atoms. The summed E-state index contributed by atoms with van der Waals surface area (Å²) in [5.74, 6) is -0.646. The molecule has 0 fully saturated rings. The highest BCUT2D eigenvalue weighted by molar-refractivity contribution is 6.49. The summed E-state index contributed by atoms with van der Waals surface area (Å²) in [6, 6.07) is 4.52. The van der Waals surface area contributed by atoms with Crippen LogP contribution in [0, 0.1) is 5.82 Å². The van der Waals surface area contributed by atoms with Crippen molar-refractivity contribution in [1.82, 2.24) is 4.98 Å². The summed E-state index contributed by atoms with van der Waals surface area (Å²) in [4.78, 5) is 3.83. The molecule has 0 bridgehead atoms. The first-order valence-corrected chi connectivity index (χ1v) is 6.01. The fourth-order valence-electron chi connectivity index (χ4n) is 1.47. The van der Waals surface area contributed by atoms with E-state index in [4.69, 9.17) is 39.5 Å². The van der Waals surface area contributed by atoms with Crippen LogP contribution in [0.1, 0.15) is 0 Å². The maximum atomic E-state index is 13.6. The minimum Gasteiger partial charge on any atom is -0.479 e. The van der Waals surface area contributed by atoms with Gasteiger partial charge in [-0.05, 0) is 12.1 Å². The zero-order chi connectivity index (χ0) is 13.3. The highest BCUT2D eigenvalue weighted by Gasteiger charge is 2.13. The standard InChI is InChI=1S/C12H7Cl3FNO/c1-18-12-9(16)4-6(5-17-12)7-2-3-8(13)11(15)10(7)14/h2-5H,1H3. The van der Waals surface area contributed by atoms with Gasteiger partial charge in [-0.15, -0.1) is 0 Å². The minimum atomic E-state index is -0.572. The van der Waals surface area contributed by atoms with Crippen LogP contribution < -0.4 is 4.74 Å². The number of methoxy groups -OCH3 is 1. The smallest absolute Gasteiger partial charge is 0.250 e. The van der Waals surface area contributed by atoms with E-state index in [0.29, 0.717) is 16.1 Å². The molecule has 0 saturated heterocycles. The molecule has 0 atom stereocenters. The van der Waals surface area contributed by atoms with Gasteiger partial charge in [0, 0.05) is 17.3 Å². The van der Waals surface area contributed by atoms with E-state index in [1.54, 1.807) is 12.1 Å². The van der Waals surface area contributed by atoms with Crippen molar-refractivity contribution in [2.24, 2.45) is 0 Å². The average Bonchev–Trinajstić information content (AvgIpc) is 2.36. The van der Waals surface area contributed by atoms with Crippen LogP contribution in [0.25, 0.3) is 11.1 Å². The van der Waals surface area contributed by atoms with Crippen LogP contribution in [0.3, 0.4) is 0 Å². The fourth-order valence-corrected chi connectivity index (χ4v) is 2.12. The molecule has 1 heterocycles. The Labute approximate surface area is 118 Å². The molecule has 2 rings (SSSR count). The molecule has 1 aromatic heterocycles. The number of ether oxygens (including phenoxy) is 1. The quantitative estimate of drug-likeness (QED) is 0.739. The summed E-state index contributed by atoms with van der Waals surface area (Å²) in [7, 11) is 1.34. The normalized spacial score (nSPS) is 10.5. The lowest BCUT2D eigenvalue weighted by Gasteiger charge is -2.08. The Bertz CT molecular complexity index is 604. The molecule has 0 aliphatic heterocycles. The predicted molar refractivity (Wildman–Crippen MR) is 71.2 cm³/mol. The molecule has 0 aliphatic rings. The zero-order valence-corrected chi connectivity index (χ0v) is 11.4. The van der Waals surface area contributed by atoms with Crippen LogP contribution in [-0.4, -0.2) is 12.1 Å². The fraction of sp³-hybridized carbons (Fsp3) is 0.0833. The summed E-state index contributed by atoms with van der Waals surface area (Å²) < 4.78 is 18.3. The van der Waals surface area contributed by atoms with Gasteiger partial charge in [-0.3, -0.25) is 0 Å². The second kappa shape index (κ2) is 5.31. The summed E-state index contributed by atoms with van der Waals surface area (Å²) in [6.07, 6.45) is 1.45. The second-order valence-electron chi connectivity index (χ2n) is 3.44. The summed E-state index contributed by atoms with van der Waals surface area (Å²) in [5, 5.41) is 0.829. The van der Waals surface area contributed by atoms with Crippen LogP contribution in [0.15, 0.2) is 24.4 Å². The number of pyridine rings is 1. The van der Waals surface area contributed by atoms with Crippen molar-refractivity contribution < 1.29 is 9.13 Å². The van der Waals surface area contributed by atoms with E-state index in [2.05, 4.69) is 4.98 Å². The highest BCUT2D eigenvalue weighted by atomic mass is 35.5. The largest absolute Gasteiger partial charge is 0.479 e. The van der Waals surface area contributed by atoms with Crippen molar-refractivity contribution in [3.8, 4) is 17.0 Å². The first kappa shape index (κ1) is 13.4. The van der Waals surface area contributed by atoms with Gasteiger partial charge in [-0.2, -0.15) is 0 Å². The maximum Gasteiger partial charge on any atom is 0.250 e. The summed E-state index contributed by atoms with van der Waals surface area (Å²) in [5.41, 5.74) is 1.05. The number of nitrogens with zero attached hydrogens (tertiary/aromatic N) is 1. The van der Waals surface area contributed by atoms with Crippen LogP contribution >= 0.6 is 34.8 Å². The zero-order valence-electron chi connectivity index (χ0n) is 9.18. The number of hydrogen-bond acceptors (Lipinski definition) is 2. The molecule has 6 heteroatoms. The van der Waals surface area contributed by atoms with Gasteiger partial charge in [-0.1, -0.05) is 40.9 Å². The Morgan fingerprint density at radius 2 is 1.89 bits per heavy atom. The molecular weight excluding hydrogens is 299 g/mol. The van der Waals surface area contributed by atoms with E-state index in [1.165, 1.54) is 19.4 Å². The Morgan fingerprint density at radius 3 is 2.50 bits per heavy atom. The van der Waals surface area contributed by atoms with Gasteiger partial charge < -0.3 is 4.74 Å². The van der Waals surface area contributed by atoms with Crippen LogP contribution in [0.4, 0.5) is 4.39 Å². The van der Waals surface area contributed by atoms with Gasteiger partial charge in [0.05, 0.1) is 22.2 Å². The Kier molecular flexibility index (Phi) is 3.95. The Morgan fingerprint density at radius 1 is 1.17 bits per heavy atom. The molecule has 0 amide bonds. The van der Waals surface area contributed by atoms with E-state index < -0.39 is 5.82 Å². The Balaban J connectivity index is 2.56. The molecular formula is C12H7Cl3FNO. The second-order valence-corrected chi connectivity index (χ2v) is 4.60. The van der Waals surface area contributed by atoms with E-state index in [-0.39, 0.29) is 15.9 Å². The van der Waals surface area contributed by atoms with Gasteiger partial charge in [0.15, 0.2) is 5.82 Å². The molecule has 0 saturated carbocycles.